The minimum absolute atomic E-state index is 0.162. The van der Waals surface area contributed by atoms with Crippen molar-refractivity contribution < 1.29 is 14.4 Å². The molecule has 0 saturated carbocycles. The number of nitrogens with zero attached hydrogens (tertiary/aromatic N) is 1. The van der Waals surface area contributed by atoms with Crippen LogP contribution in [0.5, 0.6) is 0 Å². The zero-order chi connectivity index (χ0) is 23.7. The van der Waals surface area contributed by atoms with Crippen LogP contribution in [0.1, 0.15) is 23.6 Å². The van der Waals surface area contributed by atoms with Gasteiger partial charge in [0, 0.05) is 23.3 Å². The number of para-hydroxylation sites is 1. The Labute approximate surface area is 196 Å². The van der Waals surface area contributed by atoms with Crippen molar-refractivity contribution in [1.29, 1.82) is 0 Å². The fourth-order valence-corrected chi connectivity index (χ4v) is 3.87. The topological polar surface area (TPSA) is 78.5 Å². The average Bonchev–Trinajstić information content (AvgIpc) is 3.01. The van der Waals surface area contributed by atoms with Crippen LogP contribution >= 0.6 is 11.6 Å². The van der Waals surface area contributed by atoms with Gasteiger partial charge < -0.3 is 10.6 Å². The molecule has 0 bridgehead atoms. The lowest BCUT2D eigenvalue weighted by molar-refractivity contribution is -0.120. The minimum atomic E-state index is -0.452. The third-order valence-electron chi connectivity index (χ3n) is 5.38. The molecule has 0 saturated heterocycles. The molecular formula is C26H22ClN3O3. The number of hydrogen-bond donors (Lipinski definition) is 2. The lowest BCUT2D eigenvalue weighted by Gasteiger charge is -2.17. The number of imide groups is 1. The van der Waals surface area contributed by atoms with Crippen LogP contribution in [-0.2, 0) is 14.4 Å². The molecule has 0 fully saturated rings. The number of carbonyl (C=O) groups excluding carboxylic acids is 3. The SMILES string of the molecule is CC(=O)Nc1ccc(C2=C(Nc3ccc(C)c(Cl)c3)C(=O)N(c3ccccc3C)C2=O)cc1. The van der Waals surface area contributed by atoms with Gasteiger partial charge in [-0.2, -0.15) is 0 Å². The van der Waals surface area contributed by atoms with E-state index in [1.165, 1.54) is 11.8 Å². The lowest BCUT2D eigenvalue weighted by Crippen LogP contribution is -2.33. The van der Waals surface area contributed by atoms with Gasteiger partial charge in [0.2, 0.25) is 5.91 Å². The molecule has 0 aromatic heterocycles. The van der Waals surface area contributed by atoms with Crippen molar-refractivity contribution in [1.82, 2.24) is 0 Å². The van der Waals surface area contributed by atoms with Crippen LogP contribution in [0, 0.1) is 13.8 Å². The highest BCUT2D eigenvalue weighted by Crippen LogP contribution is 2.35. The van der Waals surface area contributed by atoms with Gasteiger partial charge in [-0.05, 0) is 60.9 Å². The van der Waals surface area contributed by atoms with Gasteiger partial charge in [-0.3, -0.25) is 14.4 Å². The van der Waals surface area contributed by atoms with Crippen LogP contribution in [0.15, 0.2) is 72.4 Å². The molecule has 6 nitrogen and oxygen atoms in total. The van der Waals surface area contributed by atoms with Crippen molar-refractivity contribution in [2.24, 2.45) is 0 Å². The van der Waals surface area contributed by atoms with Crippen molar-refractivity contribution in [3.8, 4) is 0 Å². The van der Waals surface area contributed by atoms with E-state index < -0.39 is 11.8 Å². The second-order valence-corrected chi connectivity index (χ2v) is 8.24. The summed E-state index contributed by atoms with van der Waals surface area (Å²) in [5, 5.41) is 6.37. The molecule has 3 amide bonds. The maximum absolute atomic E-state index is 13.6. The van der Waals surface area contributed by atoms with Gasteiger partial charge in [-0.1, -0.05) is 48.0 Å². The highest BCUT2D eigenvalue weighted by molar-refractivity contribution is 6.46. The summed E-state index contributed by atoms with van der Waals surface area (Å²) in [6.07, 6.45) is 0. The predicted molar refractivity (Wildman–Crippen MR) is 131 cm³/mol. The Hall–Kier alpha value is -3.90. The van der Waals surface area contributed by atoms with E-state index in [4.69, 9.17) is 11.6 Å². The maximum atomic E-state index is 13.6. The fraction of sp³-hybridized carbons (Fsp3) is 0.115. The van der Waals surface area contributed by atoms with Crippen LogP contribution < -0.4 is 15.5 Å². The van der Waals surface area contributed by atoms with E-state index in [1.807, 2.05) is 32.0 Å². The Morgan fingerprint density at radius 3 is 2.15 bits per heavy atom. The molecule has 0 unspecified atom stereocenters. The zero-order valence-corrected chi connectivity index (χ0v) is 19.2. The lowest BCUT2D eigenvalue weighted by atomic mass is 10.0. The third kappa shape index (κ3) is 4.38. The van der Waals surface area contributed by atoms with Gasteiger partial charge in [0.25, 0.3) is 11.8 Å². The van der Waals surface area contributed by atoms with Crippen LogP contribution in [0.25, 0.3) is 5.57 Å². The molecular weight excluding hydrogens is 438 g/mol. The number of carbonyl (C=O) groups is 3. The summed E-state index contributed by atoms with van der Waals surface area (Å²) in [5.41, 5.74) is 4.39. The Balaban J connectivity index is 1.81. The van der Waals surface area contributed by atoms with Gasteiger partial charge in [-0.15, -0.1) is 0 Å². The van der Waals surface area contributed by atoms with E-state index in [2.05, 4.69) is 10.6 Å². The Kier molecular flexibility index (Phi) is 6.03. The first-order valence-electron chi connectivity index (χ1n) is 10.4. The van der Waals surface area contributed by atoms with Crippen molar-refractivity contribution >= 4 is 52.0 Å². The Morgan fingerprint density at radius 1 is 0.848 bits per heavy atom. The summed E-state index contributed by atoms with van der Waals surface area (Å²) in [6, 6.07) is 19.4. The number of amides is 3. The van der Waals surface area contributed by atoms with E-state index >= 15 is 0 Å². The average molecular weight is 460 g/mol. The molecule has 0 radical (unpaired) electrons. The molecule has 3 aromatic rings. The summed E-state index contributed by atoms with van der Waals surface area (Å²) in [4.78, 5) is 39.6. The number of rotatable bonds is 5. The smallest absolute Gasteiger partial charge is 0.282 e. The Bertz CT molecular complexity index is 1310. The zero-order valence-electron chi connectivity index (χ0n) is 18.4. The largest absolute Gasteiger partial charge is 0.350 e. The molecule has 166 valence electrons. The number of hydrogen-bond acceptors (Lipinski definition) is 4. The number of nitrogens with one attached hydrogen (secondary N) is 2. The number of anilines is 3. The van der Waals surface area contributed by atoms with Gasteiger partial charge in [0.1, 0.15) is 5.70 Å². The highest BCUT2D eigenvalue weighted by Gasteiger charge is 2.40. The first kappa shape index (κ1) is 22.3. The van der Waals surface area contributed by atoms with Gasteiger partial charge >= 0.3 is 0 Å². The summed E-state index contributed by atoms with van der Waals surface area (Å²) in [5.74, 6) is -1.08. The van der Waals surface area contributed by atoms with Crippen LogP contribution in [0.2, 0.25) is 5.02 Å². The molecule has 4 rings (SSSR count). The molecule has 7 heteroatoms. The highest BCUT2D eigenvalue weighted by atomic mass is 35.5. The quantitative estimate of drug-likeness (QED) is 0.507. The fourth-order valence-electron chi connectivity index (χ4n) is 3.69. The molecule has 0 atom stereocenters. The van der Waals surface area contributed by atoms with E-state index in [0.717, 1.165) is 11.1 Å². The van der Waals surface area contributed by atoms with E-state index in [9.17, 15) is 14.4 Å². The second-order valence-electron chi connectivity index (χ2n) is 7.83. The van der Waals surface area contributed by atoms with E-state index in [0.29, 0.717) is 27.6 Å². The Morgan fingerprint density at radius 2 is 1.52 bits per heavy atom. The molecule has 0 aliphatic carbocycles. The van der Waals surface area contributed by atoms with Crippen molar-refractivity contribution in [2.75, 3.05) is 15.5 Å². The summed E-state index contributed by atoms with van der Waals surface area (Å²) in [6.45, 7) is 5.16. The van der Waals surface area contributed by atoms with Gasteiger partial charge in [-0.25, -0.2) is 4.90 Å². The van der Waals surface area contributed by atoms with Gasteiger partial charge in [0.15, 0.2) is 0 Å². The molecule has 0 spiro atoms. The molecule has 2 N–H and O–H groups in total. The van der Waals surface area contributed by atoms with Crippen molar-refractivity contribution in [2.45, 2.75) is 20.8 Å². The summed E-state index contributed by atoms with van der Waals surface area (Å²) in [7, 11) is 0. The van der Waals surface area contributed by atoms with Crippen molar-refractivity contribution in [3.05, 3.63) is 94.1 Å². The minimum Gasteiger partial charge on any atom is -0.350 e. The van der Waals surface area contributed by atoms with Crippen LogP contribution in [-0.4, -0.2) is 17.7 Å². The van der Waals surface area contributed by atoms with E-state index in [1.54, 1.807) is 48.5 Å². The first-order valence-corrected chi connectivity index (χ1v) is 10.7. The van der Waals surface area contributed by atoms with E-state index in [-0.39, 0.29) is 17.2 Å². The van der Waals surface area contributed by atoms with Crippen LogP contribution in [0.4, 0.5) is 17.1 Å². The molecule has 1 heterocycles. The van der Waals surface area contributed by atoms with Crippen molar-refractivity contribution in [3.63, 3.8) is 0 Å². The molecule has 3 aromatic carbocycles. The normalized spacial score (nSPS) is 13.5. The standard InChI is InChI=1S/C26H22ClN3O3/c1-15-8-11-20(14-21(15)27)29-24-23(18-9-12-19(13-10-18)28-17(3)31)25(32)30(26(24)33)22-7-5-4-6-16(22)2/h4-14,29H,1-3H3,(H,28,31). The van der Waals surface area contributed by atoms with Gasteiger partial charge in [0.05, 0.1) is 11.3 Å². The van der Waals surface area contributed by atoms with Crippen LogP contribution in [0.3, 0.4) is 0 Å². The number of aryl methyl sites for hydroxylation is 2. The number of benzene rings is 3. The molecule has 1 aliphatic heterocycles. The predicted octanol–water partition coefficient (Wildman–Crippen LogP) is 5.31. The second kappa shape index (κ2) is 8.92. The first-order chi connectivity index (χ1) is 15.8. The maximum Gasteiger partial charge on any atom is 0.282 e. The number of halogens is 1. The third-order valence-corrected chi connectivity index (χ3v) is 5.78. The monoisotopic (exact) mass is 459 g/mol. The summed E-state index contributed by atoms with van der Waals surface area (Å²) < 4.78 is 0. The molecule has 33 heavy (non-hydrogen) atoms. The molecule has 1 aliphatic rings. The summed E-state index contributed by atoms with van der Waals surface area (Å²) >= 11 is 6.27.